The minimum absolute atomic E-state index is 0.0478. The first-order valence-electron chi connectivity index (χ1n) is 10.6. The van der Waals surface area contributed by atoms with Gasteiger partial charge >= 0.3 is 0 Å². The predicted molar refractivity (Wildman–Crippen MR) is 114 cm³/mol. The van der Waals surface area contributed by atoms with Gasteiger partial charge in [-0.2, -0.15) is 4.31 Å². The van der Waals surface area contributed by atoms with Crippen LogP contribution in [0.4, 0.5) is 0 Å². The van der Waals surface area contributed by atoms with Crippen LogP contribution < -0.4 is 5.32 Å². The van der Waals surface area contributed by atoms with E-state index in [0.717, 1.165) is 19.0 Å². The molecule has 2 rings (SSSR count). The molecule has 1 unspecified atom stereocenters. The Labute approximate surface area is 171 Å². The average molecular weight is 418 g/mol. The van der Waals surface area contributed by atoms with E-state index in [-0.39, 0.29) is 18.5 Å². The Morgan fingerprint density at radius 2 is 1.89 bits per heavy atom. The van der Waals surface area contributed by atoms with Crippen LogP contribution in [-0.4, -0.2) is 106 Å². The third-order valence-corrected chi connectivity index (χ3v) is 7.39. The van der Waals surface area contributed by atoms with Crippen molar-refractivity contribution in [2.24, 2.45) is 4.99 Å². The normalized spacial score (nSPS) is 23.4. The monoisotopic (exact) mass is 417 g/mol. The highest BCUT2D eigenvalue weighted by Gasteiger charge is 2.28. The number of likely N-dealkylation sites (tertiary alicyclic amines) is 1. The number of piperazine rings is 1. The maximum Gasteiger partial charge on any atom is 0.216 e. The number of ether oxygens (including phenoxy) is 1. The number of sulfonamides is 1. The molecule has 0 aliphatic carbocycles. The molecule has 2 aliphatic rings. The zero-order chi connectivity index (χ0) is 20.6. The molecule has 164 valence electrons. The topological polar surface area (TPSA) is 77.5 Å². The van der Waals surface area contributed by atoms with Crippen molar-refractivity contribution in [2.75, 3.05) is 65.2 Å². The second kappa shape index (κ2) is 11.3. The second-order valence-electron chi connectivity index (χ2n) is 7.98. The van der Waals surface area contributed by atoms with Gasteiger partial charge in [0.05, 0.1) is 18.5 Å². The van der Waals surface area contributed by atoms with E-state index >= 15 is 0 Å². The molecule has 0 aromatic rings. The van der Waals surface area contributed by atoms with Gasteiger partial charge in [-0.05, 0) is 40.2 Å². The lowest BCUT2D eigenvalue weighted by atomic mass is 10.0. The van der Waals surface area contributed by atoms with Gasteiger partial charge < -0.3 is 15.0 Å². The maximum absolute atomic E-state index is 12.5. The smallest absolute Gasteiger partial charge is 0.216 e. The molecular weight excluding hydrogens is 378 g/mol. The van der Waals surface area contributed by atoms with E-state index in [4.69, 9.17) is 4.74 Å². The maximum atomic E-state index is 12.5. The third-order valence-electron chi connectivity index (χ3n) is 5.56. The van der Waals surface area contributed by atoms with E-state index < -0.39 is 10.0 Å². The second-order valence-corrected chi connectivity index (χ2v) is 10.1. The quantitative estimate of drug-likeness (QED) is 0.465. The van der Waals surface area contributed by atoms with Gasteiger partial charge in [-0.25, -0.2) is 8.42 Å². The molecule has 2 saturated heterocycles. The highest BCUT2D eigenvalue weighted by molar-refractivity contribution is 7.89. The zero-order valence-electron chi connectivity index (χ0n) is 18.1. The number of hydrogen-bond donors (Lipinski definition) is 1. The van der Waals surface area contributed by atoms with Crippen molar-refractivity contribution in [3.8, 4) is 0 Å². The van der Waals surface area contributed by atoms with Crippen LogP contribution in [0.1, 0.15) is 40.0 Å². The van der Waals surface area contributed by atoms with Crippen LogP contribution in [-0.2, 0) is 14.8 Å². The van der Waals surface area contributed by atoms with Crippen LogP contribution >= 0.6 is 0 Å². The summed E-state index contributed by atoms with van der Waals surface area (Å²) in [6.07, 6.45) is 3.96. The number of hydrogen-bond acceptors (Lipinski definition) is 5. The van der Waals surface area contributed by atoms with Crippen molar-refractivity contribution in [3.05, 3.63) is 0 Å². The van der Waals surface area contributed by atoms with Gasteiger partial charge in [0.2, 0.25) is 10.0 Å². The van der Waals surface area contributed by atoms with Gasteiger partial charge in [0.15, 0.2) is 5.96 Å². The fourth-order valence-corrected chi connectivity index (χ4v) is 5.11. The standard InChI is InChI=1S/C19H39N5O3S/c1-17(2)27-15-16-28(25,26)24-13-11-23(12-14-24)19(20-4)21-8-10-22-9-6-5-7-18(22)3/h17-18H,5-16H2,1-4H3,(H,20,21). The van der Waals surface area contributed by atoms with Gasteiger partial charge in [-0.1, -0.05) is 6.42 Å². The Bertz CT molecular complexity index is 588. The van der Waals surface area contributed by atoms with Crippen molar-refractivity contribution in [1.82, 2.24) is 19.4 Å². The Balaban J connectivity index is 1.74. The van der Waals surface area contributed by atoms with E-state index in [2.05, 4.69) is 27.0 Å². The molecular formula is C19H39N5O3S. The summed E-state index contributed by atoms with van der Waals surface area (Å²) in [5.74, 6) is 0.913. The third kappa shape index (κ3) is 7.17. The molecule has 9 heteroatoms. The first kappa shape index (κ1) is 23.4. The summed E-state index contributed by atoms with van der Waals surface area (Å²) < 4.78 is 31.9. The van der Waals surface area contributed by atoms with Crippen molar-refractivity contribution >= 4 is 16.0 Å². The largest absolute Gasteiger partial charge is 0.378 e. The summed E-state index contributed by atoms with van der Waals surface area (Å²) in [5.41, 5.74) is 0. The van der Waals surface area contributed by atoms with Crippen LogP contribution in [0.2, 0.25) is 0 Å². The Kier molecular flexibility index (Phi) is 9.46. The minimum atomic E-state index is -3.26. The summed E-state index contributed by atoms with van der Waals surface area (Å²) in [4.78, 5) is 9.08. The van der Waals surface area contributed by atoms with Gasteiger partial charge in [0.25, 0.3) is 0 Å². The molecule has 1 atom stereocenters. The molecule has 2 aliphatic heterocycles. The summed E-state index contributed by atoms with van der Waals surface area (Å²) >= 11 is 0. The molecule has 8 nitrogen and oxygen atoms in total. The lowest BCUT2D eigenvalue weighted by Gasteiger charge is -2.37. The van der Waals surface area contributed by atoms with E-state index in [1.165, 1.54) is 25.8 Å². The van der Waals surface area contributed by atoms with E-state index in [1.54, 1.807) is 11.4 Å². The molecule has 0 radical (unpaired) electrons. The van der Waals surface area contributed by atoms with E-state index in [9.17, 15) is 8.42 Å². The zero-order valence-corrected chi connectivity index (χ0v) is 18.9. The van der Waals surface area contributed by atoms with Crippen LogP contribution in [0.25, 0.3) is 0 Å². The first-order chi connectivity index (χ1) is 13.3. The molecule has 2 heterocycles. The summed E-state index contributed by atoms with van der Waals surface area (Å²) in [7, 11) is -1.47. The Hall–Kier alpha value is -0.900. The molecule has 0 aromatic heterocycles. The van der Waals surface area contributed by atoms with Crippen molar-refractivity contribution in [2.45, 2.75) is 52.2 Å². The van der Waals surface area contributed by atoms with Crippen molar-refractivity contribution in [3.63, 3.8) is 0 Å². The van der Waals surface area contributed by atoms with Crippen molar-refractivity contribution in [1.29, 1.82) is 0 Å². The summed E-state index contributed by atoms with van der Waals surface area (Å²) in [5, 5.41) is 3.45. The van der Waals surface area contributed by atoms with E-state index in [0.29, 0.717) is 32.2 Å². The number of piperidine rings is 1. The van der Waals surface area contributed by atoms with Gasteiger partial charge in [-0.3, -0.25) is 9.89 Å². The lowest BCUT2D eigenvalue weighted by molar-refractivity contribution is 0.0904. The van der Waals surface area contributed by atoms with Gasteiger partial charge in [-0.15, -0.1) is 0 Å². The molecule has 0 amide bonds. The first-order valence-corrected chi connectivity index (χ1v) is 12.2. The minimum Gasteiger partial charge on any atom is -0.378 e. The predicted octanol–water partition coefficient (Wildman–Crippen LogP) is 0.809. The summed E-state index contributed by atoms with van der Waals surface area (Å²) in [6, 6.07) is 0.658. The highest BCUT2D eigenvalue weighted by Crippen LogP contribution is 2.15. The lowest BCUT2D eigenvalue weighted by Crippen LogP contribution is -2.55. The number of rotatable bonds is 8. The molecule has 28 heavy (non-hydrogen) atoms. The molecule has 0 saturated carbocycles. The Morgan fingerprint density at radius 3 is 2.50 bits per heavy atom. The average Bonchev–Trinajstić information content (AvgIpc) is 2.66. The molecule has 0 bridgehead atoms. The number of guanidine groups is 1. The fourth-order valence-electron chi connectivity index (χ4n) is 3.83. The number of aliphatic imine (C=N–C) groups is 1. The number of nitrogens with zero attached hydrogens (tertiary/aromatic N) is 4. The van der Waals surface area contributed by atoms with Crippen LogP contribution in [0, 0.1) is 0 Å². The van der Waals surface area contributed by atoms with Crippen LogP contribution in [0.5, 0.6) is 0 Å². The highest BCUT2D eigenvalue weighted by atomic mass is 32.2. The number of nitrogens with one attached hydrogen (secondary N) is 1. The van der Waals surface area contributed by atoms with E-state index in [1.807, 2.05) is 13.8 Å². The summed E-state index contributed by atoms with van der Waals surface area (Å²) in [6.45, 7) is 11.7. The fraction of sp³-hybridized carbons (Fsp3) is 0.947. The van der Waals surface area contributed by atoms with Gasteiger partial charge in [0, 0.05) is 52.4 Å². The van der Waals surface area contributed by atoms with Gasteiger partial charge in [0.1, 0.15) is 0 Å². The molecule has 0 spiro atoms. The molecule has 0 aromatic carbocycles. The van der Waals surface area contributed by atoms with Crippen LogP contribution in [0.3, 0.4) is 0 Å². The molecule has 2 fully saturated rings. The molecule has 1 N–H and O–H groups in total. The SMILES string of the molecule is CN=C(NCCN1CCCCC1C)N1CCN(S(=O)(=O)CCOC(C)C)CC1. The van der Waals surface area contributed by atoms with Crippen LogP contribution in [0.15, 0.2) is 4.99 Å². The van der Waals surface area contributed by atoms with Crippen molar-refractivity contribution < 1.29 is 13.2 Å². The Morgan fingerprint density at radius 1 is 1.18 bits per heavy atom.